The number of carbonyl (C=O) groups excluding carboxylic acids is 1. The van der Waals surface area contributed by atoms with Crippen molar-refractivity contribution in [3.8, 4) is 0 Å². The van der Waals surface area contributed by atoms with Crippen LogP contribution in [0.3, 0.4) is 0 Å². The average Bonchev–Trinajstić information content (AvgIpc) is 3.09. The Morgan fingerprint density at radius 1 is 1.19 bits per heavy atom. The molecule has 2 heterocycles. The summed E-state index contributed by atoms with van der Waals surface area (Å²) in [6.45, 7) is 10.1. The number of hydrogen-bond donors (Lipinski definition) is 1. The zero-order valence-corrected chi connectivity index (χ0v) is 18.1. The number of amides is 1. The van der Waals surface area contributed by atoms with Crippen LogP contribution in [-0.2, 0) is 12.0 Å². The number of aromatic nitrogens is 1. The fourth-order valence-electron chi connectivity index (χ4n) is 2.99. The summed E-state index contributed by atoms with van der Waals surface area (Å²) in [7, 11) is 0. The van der Waals surface area contributed by atoms with Crippen LogP contribution in [0, 0.1) is 0 Å². The molecule has 0 unspecified atom stereocenters. The topological polar surface area (TPSA) is 34.0 Å². The van der Waals surface area contributed by atoms with Gasteiger partial charge in [-0.05, 0) is 51.0 Å². The van der Waals surface area contributed by atoms with Gasteiger partial charge in [0, 0.05) is 13.1 Å². The molecule has 0 saturated carbocycles. The van der Waals surface area contributed by atoms with Gasteiger partial charge < -0.3 is 9.88 Å². The number of nitrogens with zero attached hydrogens (tertiary/aromatic N) is 1. The van der Waals surface area contributed by atoms with E-state index in [1.807, 2.05) is 6.07 Å². The highest BCUT2D eigenvalue weighted by atomic mass is 79.9. The largest absolute Gasteiger partial charge is 0.351 e. The van der Waals surface area contributed by atoms with Crippen LogP contribution in [0.15, 0.2) is 40.2 Å². The van der Waals surface area contributed by atoms with E-state index in [1.165, 1.54) is 11.1 Å². The summed E-state index contributed by atoms with van der Waals surface area (Å²) < 4.78 is 4.33. The first-order chi connectivity index (χ1) is 12.3. The van der Waals surface area contributed by atoms with Gasteiger partial charge in [0.1, 0.15) is 5.69 Å². The fourth-order valence-corrected chi connectivity index (χ4v) is 4.56. The first-order valence-corrected chi connectivity index (χ1v) is 10.6. The Kier molecular flexibility index (Phi) is 5.58. The van der Waals surface area contributed by atoms with Crippen LogP contribution >= 0.6 is 27.3 Å². The van der Waals surface area contributed by atoms with E-state index < -0.39 is 0 Å². The molecule has 5 heteroatoms. The highest BCUT2D eigenvalue weighted by Gasteiger charge is 2.18. The molecule has 26 heavy (non-hydrogen) atoms. The summed E-state index contributed by atoms with van der Waals surface area (Å²) in [5.74, 6) is -0.00214. The van der Waals surface area contributed by atoms with Crippen molar-refractivity contribution in [2.24, 2.45) is 0 Å². The molecule has 0 fully saturated rings. The Labute approximate surface area is 167 Å². The molecule has 3 aromatic rings. The maximum Gasteiger partial charge on any atom is 0.267 e. The average molecular weight is 433 g/mol. The molecule has 1 N–H and O–H groups in total. The zero-order valence-electron chi connectivity index (χ0n) is 15.7. The van der Waals surface area contributed by atoms with Crippen molar-refractivity contribution in [1.29, 1.82) is 0 Å². The molecule has 1 aromatic carbocycles. The second kappa shape index (κ2) is 7.57. The fraction of sp³-hybridized carbons (Fsp3) is 0.381. The summed E-state index contributed by atoms with van der Waals surface area (Å²) in [4.78, 5) is 12.6. The summed E-state index contributed by atoms with van der Waals surface area (Å²) in [6, 6.07) is 12.8. The molecular formula is C21H25BrN2OS. The number of halogens is 1. The van der Waals surface area contributed by atoms with E-state index in [2.05, 4.69) is 83.8 Å². The molecule has 0 saturated heterocycles. The third kappa shape index (κ3) is 4.04. The number of fused-ring (bicyclic) bond motifs is 1. The maximum absolute atomic E-state index is 12.6. The standard InChI is InChI=1S/C21H25BrN2OS/c1-5-10-23-20(25)17-11-18-16(12-19(22)26-18)24(17)13-14-6-8-15(9-7-14)21(2,3)4/h6-9,11-12H,5,10,13H2,1-4H3,(H,23,25). The van der Waals surface area contributed by atoms with E-state index in [9.17, 15) is 4.79 Å². The third-order valence-electron chi connectivity index (χ3n) is 4.49. The van der Waals surface area contributed by atoms with E-state index in [-0.39, 0.29) is 11.3 Å². The van der Waals surface area contributed by atoms with Gasteiger partial charge in [0.05, 0.1) is 14.0 Å². The smallest absolute Gasteiger partial charge is 0.267 e. The lowest BCUT2D eigenvalue weighted by atomic mass is 9.87. The molecular weight excluding hydrogens is 408 g/mol. The zero-order chi connectivity index (χ0) is 18.9. The monoisotopic (exact) mass is 432 g/mol. The predicted octanol–water partition coefficient (Wildman–Crippen LogP) is 5.95. The minimum absolute atomic E-state index is 0.00214. The number of benzene rings is 1. The van der Waals surface area contributed by atoms with Gasteiger partial charge in [0.2, 0.25) is 0 Å². The van der Waals surface area contributed by atoms with Crippen LogP contribution in [-0.4, -0.2) is 17.0 Å². The van der Waals surface area contributed by atoms with Crippen LogP contribution in [0.2, 0.25) is 0 Å². The van der Waals surface area contributed by atoms with Gasteiger partial charge in [-0.3, -0.25) is 4.79 Å². The predicted molar refractivity (Wildman–Crippen MR) is 114 cm³/mol. The second-order valence-electron chi connectivity index (χ2n) is 7.62. The maximum atomic E-state index is 12.6. The number of carbonyl (C=O) groups is 1. The van der Waals surface area contributed by atoms with Crippen molar-refractivity contribution in [3.05, 3.63) is 57.0 Å². The first kappa shape index (κ1) is 19.2. The molecule has 0 aliphatic carbocycles. The highest BCUT2D eigenvalue weighted by Crippen LogP contribution is 2.33. The SMILES string of the molecule is CCCNC(=O)c1cc2sc(Br)cc2n1Cc1ccc(C(C)(C)C)cc1. The van der Waals surface area contributed by atoms with E-state index in [0.29, 0.717) is 13.1 Å². The molecule has 0 spiro atoms. The van der Waals surface area contributed by atoms with Crippen LogP contribution in [0.25, 0.3) is 10.2 Å². The molecule has 0 bridgehead atoms. The molecule has 2 aromatic heterocycles. The van der Waals surface area contributed by atoms with Crippen molar-refractivity contribution in [2.75, 3.05) is 6.54 Å². The van der Waals surface area contributed by atoms with Gasteiger partial charge in [0.25, 0.3) is 5.91 Å². The molecule has 3 rings (SSSR count). The van der Waals surface area contributed by atoms with Crippen molar-refractivity contribution in [2.45, 2.75) is 46.1 Å². The molecule has 3 nitrogen and oxygen atoms in total. The van der Waals surface area contributed by atoms with Crippen molar-refractivity contribution in [1.82, 2.24) is 9.88 Å². The van der Waals surface area contributed by atoms with Gasteiger partial charge in [-0.15, -0.1) is 11.3 Å². The number of hydrogen-bond acceptors (Lipinski definition) is 2. The Bertz CT molecular complexity index is 916. The van der Waals surface area contributed by atoms with E-state index in [4.69, 9.17) is 0 Å². The van der Waals surface area contributed by atoms with Gasteiger partial charge in [-0.2, -0.15) is 0 Å². The molecule has 0 aliphatic rings. The van der Waals surface area contributed by atoms with Crippen LogP contribution in [0.1, 0.15) is 55.7 Å². The van der Waals surface area contributed by atoms with Gasteiger partial charge in [0.15, 0.2) is 0 Å². The minimum atomic E-state index is -0.00214. The van der Waals surface area contributed by atoms with E-state index in [1.54, 1.807) is 11.3 Å². The van der Waals surface area contributed by atoms with Gasteiger partial charge in [-0.1, -0.05) is 52.0 Å². The van der Waals surface area contributed by atoms with Crippen LogP contribution in [0.4, 0.5) is 0 Å². The van der Waals surface area contributed by atoms with E-state index >= 15 is 0 Å². The van der Waals surface area contributed by atoms with Crippen molar-refractivity contribution in [3.63, 3.8) is 0 Å². The highest BCUT2D eigenvalue weighted by molar-refractivity contribution is 9.11. The lowest BCUT2D eigenvalue weighted by molar-refractivity contribution is 0.0945. The Balaban J connectivity index is 1.95. The molecule has 1 amide bonds. The third-order valence-corrected chi connectivity index (χ3v) is 6.06. The molecule has 0 aliphatic heterocycles. The first-order valence-electron chi connectivity index (χ1n) is 8.96. The quantitative estimate of drug-likeness (QED) is 0.530. The normalized spacial score (nSPS) is 11.9. The lowest BCUT2D eigenvalue weighted by Crippen LogP contribution is -2.26. The molecule has 0 atom stereocenters. The second-order valence-corrected chi connectivity index (χ2v) is 10.1. The summed E-state index contributed by atoms with van der Waals surface area (Å²) in [5, 5.41) is 3.00. The van der Waals surface area contributed by atoms with Crippen molar-refractivity contribution < 1.29 is 4.79 Å². The lowest BCUT2D eigenvalue weighted by Gasteiger charge is -2.19. The van der Waals surface area contributed by atoms with Crippen molar-refractivity contribution >= 4 is 43.4 Å². The molecule has 0 radical (unpaired) electrons. The summed E-state index contributed by atoms with van der Waals surface area (Å²) >= 11 is 5.22. The van der Waals surface area contributed by atoms with Gasteiger partial charge >= 0.3 is 0 Å². The Hall–Kier alpha value is -1.59. The minimum Gasteiger partial charge on any atom is -0.351 e. The molecule has 138 valence electrons. The van der Waals surface area contributed by atoms with Gasteiger partial charge in [-0.25, -0.2) is 0 Å². The Morgan fingerprint density at radius 2 is 1.88 bits per heavy atom. The van der Waals surface area contributed by atoms with Crippen LogP contribution in [0.5, 0.6) is 0 Å². The number of nitrogens with one attached hydrogen (secondary N) is 1. The number of thiophene rings is 1. The number of rotatable bonds is 5. The summed E-state index contributed by atoms with van der Waals surface area (Å²) in [5.41, 5.74) is 4.49. The van der Waals surface area contributed by atoms with E-state index in [0.717, 1.165) is 26.1 Å². The van der Waals surface area contributed by atoms with Crippen LogP contribution < -0.4 is 5.32 Å². The Morgan fingerprint density at radius 3 is 2.50 bits per heavy atom. The summed E-state index contributed by atoms with van der Waals surface area (Å²) in [6.07, 6.45) is 0.931.